The normalized spacial score (nSPS) is 11.1. The number of hydrogen-bond donors (Lipinski definition) is 1. The van der Waals surface area contributed by atoms with E-state index < -0.39 is 0 Å². The lowest BCUT2D eigenvalue weighted by atomic mass is 10.0. The van der Waals surface area contributed by atoms with E-state index in [-0.39, 0.29) is 17.9 Å². The minimum absolute atomic E-state index is 0.0741. The minimum atomic E-state index is -0.151. The third-order valence-electron chi connectivity index (χ3n) is 6.17. The lowest BCUT2D eigenvalue weighted by molar-refractivity contribution is -0.116. The molecule has 0 aliphatic rings. The molecule has 0 aliphatic heterocycles. The Kier molecular flexibility index (Phi) is 6.54. The van der Waals surface area contributed by atoms with Crippen molar-refractivity contribution in [3.63, 3.8) is 0 Å². The van der Waals surface area contributed by atoms with Crippen LogP contribution in [0.2, 0.25) is 0 Å². The molecule has 0 bridgehead atoms. The van der Waals surface area contributed by atoms with Crippen LogP contribution in [0.4, 0.5) is 5.69 Å². The van der Waals surface area contributed by atoms with Gasteiger partial charge in [0.15, 0.2) is 0 Å². The smallest absolute Gasteiger partial charge is 0.255 e. The van der Waals surface area contributed by atoms with Crippen LogP contribution in [0.25, 0.3) is 16.7 Å². The molecule has 2 aromatic carbocycles. The summed E-state index contributed by atoms with van der Waals surface area (Å²) in [4.78, 5) is 26.1. The van der Waals surface area contributed by atoms with E-state index in [2.05, 4.69) is 5.32 Å². The standard InChI is InChI=1S/C27H30N4O3/c1-6-30-26-25(19(4)29-31(26)21-12-10-17(2)11-13-21)18(3)23(27(30)33)14-15-24(32)28-20-8-7-9-22(16-20)34-5/h7-13,16H,6,14-15H2,1-5H3,(H,28,32). The van der Waals surface area contributed by atoms with Gasteiger partial charge in [-0.15, -0.1) is 0 Å². The number of aromatic nitrogens is 3. The number of benzene rings is 2. The molecule has 0 saturated heterocycles. The Balaban J connectivity index is 1.69. The summed E-state index contributed by atoms with van der Waals surface area (Å²) in [5, 5.41) is 8.63. The molecule has 0 radical (unpaired) electrons. The molecule has 2 heterocycles. The van der Waals surface area contributed by atoms with Gasteiger partial charge in [-0.05, 0) is 63.9 Å². The van der Waals surface area contributed by atoms with Crippen LogP contribution in [0.1, 0.15) is 35.7 Å². The molecule has 0 saturated carbocycles. The van der Waals surface area contributed by atoms with Crippen molar-refractivity contribution >= 4 is 22.6 Å². The Morgan fingerprint density at radius 1 is 1.09 bits per heavy atom. The SMILES string of the molecule is CCn1c(=O)c(CCC(=O)Nc2cccc(OC)c2)c(C)c2c(C)nn(-c3ccc(C)cc3)c21. The van der Waals surface area contributed by atoms with Crippen LogP contribution in [0.5, 0.6) is 5.75 Å². The summed E-state index contributed by atoms with van der Waals surface area (Å²) < 4.78 is 8.82. The van der Waals surface area contributed by atoms with Crippen molar-refractivity contribution in [2.45, 2.75) is 47.1 Å². The molecule has 0 spiro atoms. The fourth-order valence-electron chi connectivity index (χ4n) is 4.39. The topological polar surface area (TPSA) is 78.2 Å². The Morgan fingerprint density at radius 2 is 1.82 bits per heavy atom. The molecule has 0 aliphatic carbocycles. The van der Waals surface area contributed by atoms with Gasteiger partial charge in [-0.2, -0.15) is 5.10 Å². The van der Waals surface area contributed by atoms with Crippen molar-refractivity contribution in [3.8, 4) is 11.4 Å². The minimum Gasteiger partial charge on any atom is -0.497 e. The largest absolute Gasteiger partial charge is 0.497 e. The molecule has 0 atom stereocenters. The highest BCUT2D eigenvalue weighted by Crippen LogP contribution is 2.26. The third-order valence-corrected chi connectivity index (χ3v) is 6.17. The quantitative estimate of drug-likeness (QED) is 0.435. The summed E-state index contributed by atoms with van der Waals surface area (Å²) in [7, 11) is 1.58. The number of rotatable bonds is 7. The number of amides is 1. The molecule has 7 nitrogen and oxygen atoms in total. The lowest BCUT2D eigenvalue weighted by Crippen LogP contribution is -2.27. The second-order valence-electron chi connectivity index (χ2n) is 8.46. The average Bonchev–Trinajstić information content (AvgIpc) is 3.17. The first-order valence-electron chi connectivity index (χ1n) is 11.5. The number of hydrogen-bond acceptors (Lipinski definition) is 4. The van der Waals surface area contributed by atoms with Crippen molar-refractivity contribution in [3.05, 3.63) is 81.3 Å². The molecule has 34 heavy (non-hydrogen) atoms. The number of pyridine rings is 1. The van der Waals surface area contributed by atoms with Crippen molar-refractivity contribution in [2.24, 2.45) is 0 Å². The summed E-state index contributed by atoms with van der Waals surface area (Å²) in [5.41, 5.74) is 5.85. The van der Waals surface area contributed by atoms with E-state index in [0.29, 0.717) is 30.0 Å². The van der Waals surface area contributed by atoms with Crippen molar-refractivity contribution in [1.82, 2.24) is 14.3 Å². The molecular weight excluding hydrogens is 428 g/mol. The Bertz CT molecular complexity index is 1410. The Morgan fingerprint density at radius 3 is 2.50 bits per heavy atom. The van der Waals surface area contributed by atoms with E-state index in [1.54, 1.807) is 17.7 Å². The number of anilines is 1. The highest BCUT2D eigenvalue weighted by Gasteiger charge is 2.21. The zero-order valence-electron chi connectivity index (χ0n) is 20.3. The van der Waals surface area contributed by atoms with Crippen molar-refractivity contribution in [1.29, 1.82) is 0 Å². The number of carbonyl (C=O) groups excluding carboxylic acids is 1. The number of methoxy groups -OCH3 is 1. The monoisotopic (exact) mass is 458 g/mol. The summed E-state index contributed by atoms with van der Waals surface area (Å²) in [6.07, 6.45) is 0.555. The molecule has 0 fully saturated rings. The maximum absolute atomic E-state index is 13.5. The number of fused-ring (bicyclic) bond motifs is 1. The highest BCUT2D eigenvalue weighted by atomic mass is 16.5. The summed E-state index contributed by atoms with van der Waals surface area (Å²) in [6.45, 7) is 8.42. The van der Waals surface area contributed by atoms with E-state index >= 15 is 0 Å². The summed E-state index contributed by atoms with van der Waals surface area (Å²) in [5.74, 6) is 0.522. The van der Waals surface area contributed by atoms with E-state index in [4.69, 9.17) is 9.84 Å². The Hall–Kier alpha value is -3.87. The zero-order chi connectivity index (χ0) is 24.4. The van der Waals surface area contributed by atoms with Crippen LogP contribution in [0.3, 0.4) is 0 Å². The fourth-order valence-corrected chi connectivity index (χ4v) is 4.39. The first-order valence-corrected chi connectivity index (χ1v) is 11.5. The predicted molar refractivity (Wildman–Crippen MR) is 135 cm³/mol. The lowest BCUT2D eigenvalue weighted by Gasteiger charge is -2.14. The van der Waals surface area contributed by atoms with Crippen LogP contribution >= 0.6 is 0 Å². The highest BCUT2D eigenvalue weighted by molar-refractivity contribution is 5.91. The van der Waals surface area contributed by atoms with Crippen molar-refractivity contribution in [2.75, 3.05) is 12.4 Å². The van der Waals surface area contributed by atoms with E-state index in [9.17, 15) is 9.59 Å². The number of nitrogens with one attached hydrogen (secondary N) is 1. The number of carbonyl (C=O) groups is 1. The zero-order valence-corrected chi connectivity index (χ0v) is 20.3. The van der Waals surface area contributed by atoms with Crippen LogP contribution in [0.15, 0.2) is 53.3 Å². The van der Waals surface area contributed by atoms with Gasteiger partial charge in [0.2, 0.25) is 5.91 Å². The maximum atomic E-state index is 13.5. The van der Waals surface area contributed by atoms with E-state index in [1.165, 1.54) is 0 Å². The number of ether oxygens (including phenoxy) is 1. The molecule has 7 heteroatoms. The van der Waals surface area contributed by atoms with Crippen LogP contribution in [-0.4, -0.2) is 27.4 Å². The van der Waals surface area contributed by atoms with Gasteiger partial charge in [0, 0.05) is 35.7 Å². The van der Waals surface area contributed by atoms with Gasteiger partial charge in [0.05, 0.1) is 18.5 Å². The first kappa shape index (κ1) is 23.3. The van der Waals surface area contributed by atoms with E-state index in [0.717, 1.165) is 33.5 Å². The predicted octanol–water partition coefficient (Wildman–Crippen LogP) is 4.71. The molecule has 1 amide bonds. The average molecular weight is 459 g/mol. The van der Waals surface area contributed by atoms with Gasteiger partial charge < -0.3 is 10.1 Å². The van der Waals surface area contributed by atoms with E-state index in [1.807, 2.05) is 74.8 Å². The Labute approximate surface area is 199 Å². The number of aryl methyl sites for hydroxylation is 4. The summed E-state index contributed by atoms with van der Waals surface area (Å²) in [6, 6.07) is 15.3. The maximum Gasteiger partial charge on any atom is 0.255 e. The van der Waals surface area contributed by atoms with Gasteiger partial charge in [-0.3, -0.25) is 14.2 Å². The summed E-state index contributed by atoms with van der Waals surface area (Å²) >= 11 is 0. The molecule has 0 unspecified atom stereocenters. The molecular formula is C27H30N4O3. The first-order chi connectivity index (χ1) is 16.3. The third kappa shape index (κ3) is 4.33. The van der Waals surface area contributed by atoms with Crippen LogP contribution < -0.4 is 15.6 Å². The number of nitrogens with zero attached hydrogens (tertiary/aromatic N) is 3. The van der Waals surface area contributed by atoms with Gasteiger partial charge in [0.25, 0.3) is 5.56 Å². The van der Waals surface area contributed by atoms with Gasteiger partial charge >= 0.3 is 0 Å². The molecule has 2 aromatic heterocycles. The fraction of sp³-hybridized carbons (Fsp3) is 0.296. The second kappa shape index (κ2) is 9.55. The second-order valence-corrected chi connectivity index (χ2v) is 8.46. The molecule has 4 aromatic rings. The van der Waals surface area contributed by atoms with Gasteiger partial charge in [-0.1, -0.05) is 23.8 Å². The molecule has 1 N–H and O–H groups in total. The van der Waals surface area contributed by atoms with Crippen molar-refractivity contribution < 1.29 is 9.53 Å². The van der Waals surface area contributed by atoms with Crippen LogP contribution in [0, 0.1) is 20.8 Å². The van der Waals surface area contributed by atoms with Gasteiger partial charge in [-0.25, -0.2) is 4.68 Å². The van der Waals surface area contributed by atoms with Gasteiger partial charge in [0.1, 0.15) is 11.4 Å². The molecule has 176 valence electrons. The van der Waals surface area contributed by atoms with Crippen LogP contribution in [-0.2, 0) is 17.8 Å². The molecule has 4 rings (SSSR count).